The van der Waals surface area contributed by atoms with Gasteiger partial charge < -0.3 is 9.15 Å². The summed E-state index contributed by atoms with van der Waals surface area (Å²) in [5.41, 5.74) is 1.44. The third-order valence-electron chi connectivity index (χ3n) is 4.10. The fraction of sp³-hybridized carbons (Fsp3) is 0.278. The highest BCUT2D eigenvalue weighted by molar-refractivity contribution is 7.17. The van der Waals surface area contributed by atoms with Crippen LogP contribution in [0.15, 0.2) is 39.7 Å². The van der Waals surface area contributed by atoms with Gasteiger partial charge in [0.1, 0.15) is 12.4 Å². The van der Waals surface area contributed by atoms with E-state index in [2.05, 4.69) is 4.98 Å². The van der Waals surface area contributed by atoms with Gasteiger partial charge >= 0.3 is 5.97 Å². The van der Waals surface area contributed by atoms with E-state index in [9.17, 15) is 9.59 Å². The molecule has 0 bridgehead atoms. The summed E-state index contributed by atoms with van der Waals surface area (Å²) in [6.07, 6.45) is 8.52. The molecule has 3 heterocycles. The van der Waals surface area contributed by atoms with Gasteiger partial charge in [0.05, 0.1) is 12.0 Å². The van der Waals surface area contributed by atoms with Crippen LogP contribution in [0.25, 0.3) is 11.0 Å². The number of hydrogen-bond acceptors (Lipinski definition) is 6. The van der Waals surface area contributed by atoms with E-state index in [0.717, 1.165) is 31.4 Å². The predicted octanol–water partition coefficient (Wildman–Crippen LogP) is 2.98. The Bertz CT molecular complexity index is 998. The van der Waals surface area contributed by atoms with Crippen molar-refractivity contribution in [3.8, 4) is 0 Å². The van der Waals surface area contributed by atoms with Gasteiger partial charge in [0, 0.05) is 22.7 Å². The van der Waals surface area contributed by atoms with Crippen LogP contribution in [0, 0.1) is 0 Å². The average Bonchev–Trinajstić information content (AvgIpc) is 3.25. The SMILES string of the molecule is O=C(/C=C/c1ccco1)OCc1cc(=O)n2c3c(sc2n1)CCCC3. The highest BCUT2D eigenvalue weighted by atomic mass is 32.1. The summed E-state index contributed by atoms with van der Waals surface area (Å²) in [6.45, 7) is -0.0321. The summed E-state index contributed by atoms with van der Waals surface area (Å²) in [4.78, 5) is 30.6. The number of fused-ring (bicyclic) bond motifs is 3. The van der Waals surface area contributed by atoms with E-state index in [-0.39, 0.29) is 12.2 Å². The Morgan fingerprint density at radius 1 is 1.40 bits per heavy atom. The lowest BCUT2D eigenvalue weighted by molar-refractivity contribution is -0.139. The maximum atomic E-state index is 12.4. The highest BCUT2D eigenvalue weighted by Gasteiger charge is 2.18. The molecule has 128 valence electrons. The molecule has 4 rings (SSSR count). The van der Waals surface area contributed by atoms with E-state index in [1.165, 1.54) is 29.4 Å². The summed E-state index contributed by atoms with van der Waals surface area (Å²) >= 11 is 1.56. The van der Waals surface area contributed by atoms with Crippen LogP contribution in [0.4, 0.5) is 0 Å². The van der Waals surface area contributed by atoms with Crippen molar-refractivity contribution in [3.63, 3.8) is 0 Å². The number of ether oxygens (including phenoxy) is 1. The van der Waals surface area contributed by atoms with Gasteiger partial charge in [-0.3, -0.25) is 9.20 Å². The molecular formula is C18H16N2O4S. The first kappa shape index (κ1) is 15.8. The Hall–Kier alpha value is -2.67. The molecule has 3 aromatic rings. The number of carbonyl (C=O) groups is 1. The number of nitrogens with zero attached hydrogens (tertiary/aromatic N) is 2. The van der Waals surface area contributed by atoms with Crippen LogP contribution in [-0.2, 0) is 29.0 Å². The minimum atomic E-state index is -0.510. The minimum Gasteiger partial charge on any atom is -0.465 e. The van der Waals surface area contributed by atoms with Gasteiger partial charge in [-0.2, -0.15) is 0 Å². The maximum Gasteiger partial charge on any atom is 0.331 e. The number of hydrogen-bond donors (Lipinski definition) is 0. The molecule has 0 aromatic carbocycles. The van der Waals surface area contributed by atoms with Crippen molar-refractivity contribution < 1.29 is 13.9 Å². The van der Waals surface area contributed by atoms with Crippen molar-refractivity contribution in [1.82, 2.24) is 9.38 Å². The molecule has 6 nitrogen and oxygen atoms in total. The van der Waals surface area contributed by atoms with Gasteiger partial charge in [-0.1, -0.05) is 0 Å². The first-order chi connectivity index (χ1) is 12.2. The zero-order chi connectivity index (χ0) is 17.2. The Balaban J connectivity index is 1.50. The van der Waals surface area contributed by atoms with E-state index in [4.69, 9.17) is 9.15 Å². The minimum absolute atomic E-state index is 0.0321. The number of rotatable bonds is 4. The molecule has 0 atom stereocenters. The van der Waals surface area contributed by atoms with E-state index in [1.54, 1.807) is 27.9 Å². The second kappa shape index (κ2) is 6.68. The lowest BCUT2D eigenvalue weighted by atomic mass is 10.0. The van der Waals surface area contributed by atoms with E-state index >= 15 is 0 Å². The van der Waals surface area contributed by atoms with Gasteiger partial charge in [0.15, 0.2) is 4.96 Å². The van der Waals surface area contributed by atoms with Crippen LogP contribution >= 0.6 is 11.3 Å². The molecule has 0 unspecified atom stereocenters. The maximum absolute atomic E-state index is 12.4. The Morgan fingerprint density at radius 3 is 3.12 bits per heavy atom. The summed E-state index contributed by atoms with van der Waals surface area (Å²) < 4.78 is 12.0. The van der Waals surface area contributed by atoms with Crippen LogP contribution in [0.2, 0.25) is 0 Å². The molecule has 25 heavy (non-hydrogen) atoms. The molecule has 0 spiro atoms. The molecule has 7 heteroatoms. The zero-order valence-electron chi connectivity index (χ0n) is 13.4. The van der Waals surface area contributed by atoms with Crippen molar-refractivity contribution in [2.24, 2.45) is 0 Å². The Morgan fingerprint density at radius 2 is 2.28 bits per heavy atom. The lowest BCUT2D eigenvalue weighted by Gasteiger charge is -2.10. The highest BCUT2D eigenvalue weighted by Crippen LogP contribution is 2.28. The largest absolute Gasteiger partial charge is 0.465 e. The van der Waals surface area contributed by atoms with Crippen LogP contribution in [-0.4, -0.2) is 15.4 Å². The van der Waals surface area contributed by atoms with Crippen LogP contribution in [0.5, 0.6) is 0 Å². The second-order valence-electron chi connectivity index (χ2n) is 5.84. The van der Waals surface area contributed by atoms with Crippen molar-refractivity contribution >= 4 is 28.3 Å². The van der Waals surface area contributed by atoms with Crippen LogP contribution in [0.1, 0.15) is 34.9 Å². The van der Waals surface area contributed by atoms with Crippen molar-refractivity contribution in [1.29, 1.82) is 0 Å². The normalized spacial score (nSPS) is 14.1. The van der Waals surface area contributed by atoms with Gasteiger partial charge in [0.25, 0.3) is 5.56 Å². The standard InChI is InChI=1S/C18H16N2O4S/c21-16-10-12(11-24-17(22)8-7-13-4-3-9-23-13)19-18-20(16)14-5-1-2-6-15(14)25-18/h3-4,7-10H,1-2,5-6,11H2/b8-7+. The molecule has 0 amide bonds. The molecule has 0 radical (unpaired) electrons. The number of furan rings is 1. The number of aromatic nitrogens is 2. The van der Waals surface area contributed by atoms with Crippen LogP contribution < -0.4 is 5.56 Å². The van der Waals surface area contributed by atoms with Crippen molar-refractivity contribution in [2.75, 3.05) is 0 Å². The molecule has 0 N–H and O–H groups in total. The zero-order valence-corrected chi connectivity index (χ0v) is 14.3. The van der Waals surface area contributed by atoms with Gasteiger partial charge in [0.2, 0.25) is 0 Å². The number of thiazole rings is 1. The van der Waals surface area contributed by atoms with Gasteiger partial charge in [-0.25, -0.2) is 9.78 Å². The van der Waals surface area contributed by atoms with Crippen molar-refractivity contribution in [2.45, 2.75) is 32.3 Å². The third-order valence-corrected chi connectivity index (χ3v) is 5.25. The van der Waals surface area contributed by atoms with Crippen LogP contribution in [0.3, 0.4) is 0 Å². The molecule has 0 aliphatic heterocycles. The number of carbonyl (C=O) groups excluding carboxylic acids is 1. The molecule has 3 aromatic heterocycles. The van der Waals surface area contributed by atoms with Gasteiger partial charge in [-0.15, -0.1) is 11.3 Å². The molecule has 1 aliphatic carbocycles. The summed E-state index contributed by atoms with van der Waals surface area (Å²) in [7, 11) is 0. The first-order valence-corrected chi connectivity index (χ1v) is 8.94. The fourth-order valence-electron chi connectivity index (χ4n) is 2.95. The van der Waals surface area contributed by atoms with E-state index < -0.39 is 5.97 Å². The summed E-state index contributed by atoms with van der Waals surface area (Å²) in [5, 5.41) is 0. The molecule has 1 aliphatic rings. The molecular weight excluding hydrogens is 340 g/mol. The monoisotopic (exact) mass is 356 g/mol. The van der Waals surface area contributed by atoms with Crippen molar-refractivity contribution in [3.05, 3.63) is 62.9 Å². The number of esters is 1. The Labute approximate surface area is 147 Å². The summed E-state index contributed by atoms with van der Waals surface area (Å²) in [6, 6.07) is 4.91. The quantitative estimate of drug-likeness (QED) is 0.531. The number of aryl methyl sites for hydroxylation is 2. The predicted molar refractivity (Wildman–Crippen MR) is 93.5 cm³/mol. The smallest absolute Gasteiger partial charge is 0.331 e. The topological polar surface area (TPSA) is 73.8 Å². The third kappa shape index (κ3) is 3.28. The molecule has 0 fully saturated rings. The summed E-state index contributed by atoms with van der Waals surface area (Å²) in [5.74, 6) is 0.0581. The van der Waals surface area contributed by atoms with E-state index in [0.29, 0.717) is 16.4 Å². The Kier molecular flexibility index (Phi) is 4.23. The van der Waals surface area contributed by atoms with Gasteiger partial charge in [-0.05, 0) is 43.9 Å². The lowest BCUT2D eigenvalue weighted by Crippen LogP contribution is -2.18. The molecule has 0 saturated heterocycles. The second-order valence-corrected chi connectivity index (χ2v) is 6.90. The average molecular weight is 356 g/mol. The first-order valence-electron chi connectivity index (χ1n) is 8.12. The van der Waals surface area contributed by atoms with E-state index in [1.807, 2.05) is 0 Å². The molecule has 0 saturated carbocycles. The fourth-order valence-corrected chi connectivity index (χ4v) is 4.18.